The molecule has 2 saturated carbocycles. The molecule has 10 atom stereocenters. The summed E-state index contributed by atoms with van der Waals surface area (Å²) in [6, 6.07) is 6.72. The SMILES string of the molecule is Cc1ncsc1-c1ccc([C@H](C)NC(=O)[C@@H]2C[C@@H](O)CN2C(=O)[C@@H](CC(=O)COCCOCCOCCOCC(=O)S[C@@H]2CC3=CC(=O)CCC3(C)C3CCC(C)([C@@]4(C)CCC(=O)O4)CC32)C(C)(C)C)cc1. The van der Waals surface area contributed by atoms with Crippen LogP contribution in [0.5, 0.6) is 0 Å². The van der Waals surface area contributed by atoms with Gasteiger partial charge in [0.1, 0.15) is 24.9 Å². The Balaban J connectivity index is 0.774. The molecular weight excluding hydrogens is 959 g/mol. The number of benzene rings is 1. The van der Waals surface area contributed by atoms with Crippen LogP contribution < -0.4 is 5.32 Å². The number of aromatic nitrogens is 1. The third-order valence-corrected chi connectivity index (χ3v) is 18.8. The summed E-state index contributed by atoms with van der Waals surface area (Å²) in [6.07, 6.45) is 7.04. The normalized spacial score (nSPS) is 29.2. The molecule has 5 aliphatic rings. The van der Waals surface area contributed by atoms with E-state index in [4.69, 9.17) is 23.7 Å². The van der Waals surface area contributed by atoms with Crippen molar-refractivity contribution in [2.45, 2.75) is 149 Å². The summed E-state index contributed by atoms with van der Waals surface area (Å²) in [7, 11) is 0. The van der Waals surface area contributed by atoms with Crippen molar-refractivity contribution in [1.29, 1.82) is 0 Å². The van der Waals surface area contributed by atoms with Gasteiger partial charge in [-0.05, 0) is 99.2 Å². The number of cyclic esters (lactones) is 1. The Bertz CT molecular complexity index is 2310. The highest BCUT2D eigenvalue weighted by Gasteiger charge is 2.60. The highest BCUT2D eigenvalue weighted by atomic mass is 32.2. The molecule has 2 amide bonds. The van der Waals surface area contributed by atoms with Crippen molar-refractivity contribution < 1.29 is 57.6 Å². The Labute approximate surface area is 433 Å². The van der Waals surface area contributed by atoms with Crippen LogP contribution in [0.2, 0.25) is 0 Å². The summed E-state index contributed by atoms with van der Waals surface area (Å²) < 4.78 is 28.6. The van der Waals surface area contributed by atoms with E-state index in [1.54, 1.807) is 11.3 Å². The number of carbonyl (C=O) groups is 6. The number of thioether (sulfide) groups is 1. The van der Waals surface area contributed by atoms with Crippen molar-refractivity contribution in [3.8, 4) is 10.4 Å². The number of aliphatic hydroxyl groups excluding tert-OH is 1. The average Bonchev–Trinajstić information content (AvgIpc) is 4.06. The largest absolute Gasteiger partial charge is 0.459 e. The van der Waals surface area contributed by atoms with E-state index in [-0.39, 0.29) is 122 Å². The first-order valence-corrected chi connectivity index (χ1v) is 27.6. The molecule has 0 spiro atoms. The number of thiazole rings is 1. The van der Waals surface area contributed by atoms with Gasteiger partial charge in [0.25, 0.3) is 0 Å². The third-order valence-electron chi connectivity index (χ3n) is 16.6. The molecule has 2 N–H and O–H groups in total. The van der Waals surface area contributed by atoms with Crippen LogP contribution in [0.15, 0.2) is 41.4 Å². The number of aliphatic hydroxyl groups is 1. The van der Waals surface area contributed by atoms with E-state index in [1.165, 1.54) is 22.2 Å². The number of carbonyl (C=O) groups excluding carboxylic acids is 6. The lowest BCUT2D eigenvalue weighted by Gasteiger charge is -2.59. The first-order chi connectivity index (χ1) is 34.1. The molecule has 17 heteroatoms. The first kappa shape index (κ1) is 55.9. The molecule has 0 bridgehead atoms. The highest BCUT2D eigenvalue weighted by molar-refractivity contribution is 8.14. The van der Waals surface area contributed by atoms with Crippen LogP contribution in [-0.2, 0) is 52.5 Å². The fourth-order valence-electron chi connectivity index (χ4n) is 12.0. The van der Waals surface area contributed by atoms with Crippen molar-refractivity contribution in [3.05, 3.63) is 52.7 Å². The Hall–Kier alpha value is -3.84. The van der Waals surface area contributed by atoms with Gasteiger partial charge in [-0.1, -0.05) is 76.2 Å². The predicted octanol–water partition coefficient (Wildman–Crippen LogP) is 7.79. The van der Waals surface area contributed by atoms with Crippen molar-refractivity contribution in [2.75, 3.05) is 59.4 Å². The summed E-state index contributed by atoms with van der Waals surface area (Å²) in [5, 5.41) is 13.6. The molecule has 2 aliphatic heterocycles. The monoisotopic (exact) mass is 1040 g/mol. The van der Waals surface area contributed by atoms with Gasteiger partial charge in [0.05, 0.1) is 67.9 Å². The third kappa shape index (κ3) is 13.1. The second-order valence-electron chi connectivity index (χ2n) is 22.6. The molecule has 4 unspecified atom stereocenters. The maximum absolute atomic E-state index is 14.1. The molecule has 2 aromatic rings. The van der Waals surface area contributed by atoms with Gasteiger partial charge in [0.15, 0.2) is 11.6 Å². The van der Waals surface area contributed by atoms with Crippen LogP contribution in [-0.4, -0.2) is 132 Å². The van der Waals surface area contributed by atoms with Crippen LogP contribution in [0.25, 0.3) is 10.4 Å². The molecule has 1 aromatic heterocycles. The van der Waals surface area contributed by atoms with Crippen molar-refractivity contribution in [3.63, 3.8) is 0 Å². The molecule has 3 aliphatic carbocycles. The van der Waals surface area contributed by atoms with Crippen molar-refractivity contribution in [2.24, 2.45) is 34.0 Å². The second kappa shape index (κ2) is 23.8. The molecular formula is C55H77N3O12S2. The second-order valence-corrected chi connectivity index (χ2v) is 24.7. The Morgan fingerprint density at radius 3 is 2.24 bits per heavy atom. The van der Waals surface area contributed by atoms with E-state index in [1.807, 2.05) is 70.5 Å². The van der Waals surface area contributed by atoms with E-state index in [9.17, 15) is 33.9 Å². The van der Waals surface area contributed by atoms with E-state index in [2.05, 4.69) is 31.1 Å². The van der Waals surface area contributed by atoms with Gasteiger partial charge in [-0.2, -0.15) is 0 Å². The highest BCUT2D eigenvalue weighted by Crippen LogP contribution is 2.64. The topological polar surface area (TPSA) is 197 Å². The van der Waals surface area contributed by atoms with Crippen molar-refractivity contribution >= 4 is 57.6 Å². The quantitative estimate of drug-likeness (QED) is 0.0856. The zero-order valence-corrected chi connectivity index (χ0v) is 45.2. The van der Waals surface area contributed by atoms with Crippen molar-refractivity contribution in [1.82, 2.24) is 15.2 Å². The van der Waals surface area contributed by atoms with Crippen LogP contribution in [0.4, 0.5) is 0 Å². The fraction of sp³-hybridized carbons (Fsp3) is 0.691. The van der Waals surface area contributed by atoms with Gasteiger partial charge in [-0.25, -0.2) is 4.98 Å². The van der Waals surface area contributed by atoms with Crippen LogP contribution in [0, 0.1) is 40.9 Å². The number of ketones is 2. The van der Waals surface area contributed by atoms with Gasteiger partial charge in [-0.3, -0.25) is 28.8 Å². The van der Waals surface area contributed by atoms with Gasteiger partial charge >= 0.3 is 5.97 Å². The Morgan fingerprint density at radius 2 is 1.61 bits per heavy atom. The van der Waals surface area contributed by atoms with Gasteiger partial charge in [0.2, 0.25) is 16.9 Å². The number of amides is 2. The minimum Gasteiger partial charge on any atom is -0.459 e. The smallest absolute Gasteiger partial charge is 0.306 e. The summed E-state index contributed by atoms with van der Waals surface area (Å²) in [5.74, 6) is -1.07. The molecule has 2 saturated heterocycles. The number of hydrogen-bond donors (Lipinski definition) is 2. The molecule has 15 nitrogen and oxygen atoms in total. The lowest BCUT2D eigenvalue weighted by Crippen LogP contribution is -2.55. The number of nitrogens with zero attached hydrogens (tertiary/aromatic N) is 2. The van der Waals surface area contributed by atoms with Gasteiger partial charge < -0.3 is 39.0 Å². The van der Waals surface area contributed by atoms with Crippen LogP contribution in [0.1, 0.15) is 130 Å². The van der Waals surface area contributed by atoms with E-state index in [0.717, 1.165) is 47.4 Å². The number of Topliss-reactive ketones (excluding diaryl/α,β-unsaturated/α-hetero) is 1. The van der Waals surface area contributed by atoms with E-state index >= 15 is 0 Å². The average molecular weight is 1040 g/mol. The zero-order valence-electron chi connectivity index (χ0n) is 43.6. The standard InChI is InChI=1S/C55H77N3O12S2/c1-34(36-9-11-37(12-10-36)49-35(2)56-33-71-49)57-50(64)45-28-40(60)30-58(45)51(65)44(52(3,4)5)27-41(61)31-68-23-21-66-19-20-67-22-24-69-32-48(63)72-46-26-38-25-39(59)13-17-54(38,7)43-14-16-53(6,29-42(43)46)55(8)18-15-47(62)70-55/h9-12,25,33-34,40,42-46,60H,13-24,26-32H2,1-8H3,(H,57,64)/t34-,40+,42?,43?,44+,45-,46+,53?,54?,55+/m0/s1. The Morgan fingerprint density at radius 1 is 0.944 bits per heavy atom. The fourth-order valence-corrected chi connectivity index (χ4v) is 14.0. The predicted molar refractivity (Wildman–Crippen MR) is 275 cm³/mol. The van der Waals surface area contributed by atoms with Gasteiger partial charge in [0, 0.05) is 48.8 Å². The summed E-state index contributed by atoms with van der Waals surface area (Å²) in [6.45, 7) is 17.4. The number of allylic oxidation sites excluding steroid dienone is 2. The van der Waals surface area contributed by atoms with Gasteiger partial charge in [-0.15, -0.1) is 11.3 Å². The number of β-amino-alcohol motifs (C(OH)–C–C–N with tert-alkyl or cyclic N) is 1. The number of aryl methyl sites for hydroxylation is 1. The zero-order chi connectivity index (χ0) is 52.0. The molecule has 4 fully saturated rings. The maximum Gasteiger partial charge on any atom is 0.306 e. The number of fused-ring (bicyclic) bond motifs is 3. The molecule has 3 heterocycles. The Kier molecular flexibility index (Phi) is 18.5. The number of ether oxygens (including phenoxy) is 5. The molecule has 72 heavy (non-hydrogen) atoms. The molecule has 0 radical (unpaired) electrons. The maximum atomic E-state index is 14.1. The summed E-state index contributed by atoms with van der Waals surface area (Å²) >= 11 is 2.92. The molecule has 396 valence electrons. The van der Waals surface area contributed by atoms with Crippen LogP contribution in [0.3, 0.4) is 0 Å². The minimum atomic E-state index is -0.874. The molecule has 7 rings (SSSR count). The van der Waals surface area contributed by atoms with E-state index in [0.29, 0.717) is 44.8 Å². The van der Waals surface area contributed by atoms with Crippen LogP contribution >= 0.6 is 23.1 Å². The van der Waals surface area contributed by atoms with E-state index < -0.39 is 29.1 Å². The number of nitrogens with one attached hydrogen (secondary N) is 1. The minimum absolute atomic E-state index is 0.00635. The number of rotatable bonds is 22. The lowest BCUT2D eigenvalue weighted by atomic mass is 9.48. The lowest BCUT2D eigenvalue weighted by molar-refractivity contribution is -0.165. The first-order valence-electron chi connectivity index (χ1n) is 25.9. The number of likely N-dealkylation sites (tertiary alicyclic amines) is 1. The summed E-state index contributed by atoms with van der Waals surface area (Å²) in [4.78, 5) is 86.0. The summed E-state index contributed by atoms with van der Waals surface area (Å²) in [5.41, 5.74) is 4.51. The number of esters is 1. The number of hydrogen-bond acceptors (Lipinski definition) is 15. The molecule has 1 aromatic carbocycles.